The zero-order valence-corrected chi connectivity index (χ0v) is 19.3. The third-order valence-electron chi connectivity index (χ3n) is 5.83. The Morgan fingerprint density at radius 3 is 2.55 bits per heavy atom. The molecule has 3 aromatic rings. The monoisotopic (exact) mass is 450 g/mol. The highest BCUT2D eigenvalue weighted by Crippen LogP contribution is 2.27. The summed E-state index contributed by atoms with van der Waals surface area (Å²) < 4.78 is 7.57. The Labute approximate surface area is 193 Å². The molecule has 0 amide bonds. The number of piperazine rings is 1. The van der Waals surface area contributed by atoms with Crippen molar-refractivity contribution < 1.29 is 14.6 Å². The lowest BCUT2D eigenvalue weighted by molar-refractivity contribution is 0.0903. The van der Waals surface area contributed by atoms with Crippen LogP contribution >= 0.6 is 0 Å². The Bertz CT molecular complexity index is 1210. The van der Waals surface area contributed by atoms with Crippen molar-refractivity contribution in [1.82, 2.24) is 19.4 Å². The summed E-state index contributed by atoms with van der Waals surface area (Å²) >= 11 is 0. The highest BCUT2D eigenvalue weighted by molar-refractivity contribution is 5.97. The van der Waals surface area contributed by atoms with Crippen molar-refractivity contribution in [2.75, 3.05) is 39.8 Å². The maximum atomic E-state index is 13.7. The highest BCUT2D eigenvalue weighted by Gasteiger charge is 2.22. The van der Waals surface area contributed by atoms with Crippen molar-refractivity contribution in [1.29, 1.82) is 0 Å². The molecule has 0 bridgehead atoms. The predicted molar refractivity (Wildman–Crippen MR) is 127 cm³/mol. The lowest BCUT2D eigenvalue weighted by Crippen LogP contribution is -2.44. The van der Waals surface area contributed by atoms with E-state index in [0.29, 0.717) is 40.3 Å². The van der Waals surface area contributed by atoms with Crippen LogP contribution in [-0.2, 0) is 6.54 Å². The molecule has 1 aromatic heterocycles. The summed E-state index contributed by atoms with van der Waals surface area (Å²) in [5.41, 5.74) is 1.19. The van der Waals surface area contributed by atoms with Gasteiger partial charge >= 0.3 is 0 Å². The first-order chi connectivity index (χ1) is 15.9. The van der Waals surface area contributed by atoms with E-state index in [4.69, 9.17) is 9.72 Å². The number of ether oxygens (including phenoxy) is 1. The fraction of sp³-hybridized carbons (Fsp3) is 0.400. The maximum Gasteiger partial charge on any atom is 0.266 e. The Morgan fingerprint density at radius 2 is 1.85 bits per heavy atom. The number of aliphatic hydroxyl groups is 1. The van der Waals surface area contributed by atoms with E-state index in [2.05, 4.69) is 16.8 Å². The van der Waals surface area contributed by atoms with Crippen molar-refractivity contribution >= 4 is 16.7 Å². The van der Waals surface area contributed by atoms with Gasteiger partial charge in [0.05, 0.1) is 29.2 Å². The number of fused-ring (bicyclic) bond motifs is 1. The molecule has 8 heteroatoms. The molecular formula is C25H30N4O4. The number of hydrogen-bond donors (Lipinski definition) is 1. The third kappa shape index (κ3) is 4.98. The summed E-state index contributed by atoms with van der Waals surface area (Å²) in [6.45, 7) is 7.33. The first-order valence-corrected chi connectivity index (χ1v) is 11.2. The molecule has 0 saturated carbocycles. The minimum absolute atomic E-state index is 0.131. The van der Waals surface area contributed by atoms with Gasteiger partial charge in [-0.3, -0.25) is 19.1 Å². The molecule has 0 spiro atoms. The van der Waals surface area contributed by atoms with E-state index in [1.807, 2.05) is 32.0 Å². The van der Waals surface area contributed by atoms with Crippen LogP contribution in [0.5, 0.6) is 5.75 Å². The number of carbonyl (C=O) groups is 1. The van der Waals surface area contributed by atoms with Crippen LogP contribution in [0.1, 0.15) is 30.0 Å². The van der Waals surface area contributed by atoms with E-state index in [-0.39, 0.29) is 11.7 Å². The number of carbonyl (C=O) groups excluding carboxylic acids is 1. The second-order valence-electron chi connectivity index (χ2n) is 8.70. The molecule has 1 aliphatic heterocycles. The molecule has 2 heterocycles. The molecule has 33 heavy (non-hydrogen) atoms. The van der Waals surface area contributed by atoms with Gasteiger partial charge in [0.1, 0.15) is 18.2 Å². The van der Waals surface area contributed by atoms with E-state index in [9.17, 15) is 14.7 Å². The summed E-state index contributed by atoms with van der Waals surface area (Å²) in [5.74, 6) is 0.651. The number of likely N-dealkylation sites (N-methyl/N-ethyl adjacent to an activating group) is 1. The number of hydrogen-bond acceptors (Lipinski definition) is 7. The normalized spacial score (nSPS) is 15.3. The van der Waals surface area contributed by atoms with Gasteiger partial charge in [-0.1, -0.05) is 12.1 Å². The van der Waals surface area contributed by atoms with Gasteiger partial charge in [0.25, 0.3) is 5.56 Å². The molecule has 0 unspecified atom stereocenters. The Hall–Kier alpha value is -3.07. The van der Waals surface area contributed by atoms with Gasteiger partial charge in [0.2, 0.25) is 0 Å². The average Bonchev–Trinajstić information content (AvgIpc) is 2.80. The zero-order chi connectivity index (χ0) is 23.5. The molecule has 0 atom stereocenters. The Balaban J connectivity index is 1.92. The summed E-state index contributed by atoms with van der Waals surface area (Å²) in [7, 11) is 2.10. The van der Waals surface area contributed by atoms with Gasteiger partial charge in [-0.05, 0) is 51.2 Å². The highest BCUT2D eigenvalue weighted by atomic mass is 16.5. The molecule has 8 nitrogen and oxygen atoms in total. The van der Waals surface area contributed by atoms with E-state index in [1.54, 1.807) is 28.8 Å². The van der Waals surface area contributed by atoms with Gasteiger partial charge in [0, 0.05) is 31.7 Å². The van der Waals surface area contributed by atoms with E-state index in [1.165, 1.54) is 0 Å². The summed E-state index contributed by atoms with van der Waals surface area (Å²) in [5, 5.41) is 9.87. The fourth-order valence-electron chi connectivity index (χ4n) is 4.05. The van der Waals surface area contributed by atoms with Crippen molar-refractivity contribution in [3.63, 3.8) is 0 Å². The van der Waals surface area contributed by atoms with Crippen LogP contribution in [0.3, 0.4) is 0 Å². The van der Waals surface area contributed by atoms with Crippen LogP contribution < -0.4 is 10.3 Å². The standard InChI is InChI=1S/C25H30N4O4/c1-17(2)33-23-9-8-18(22(31)16-30)14-21(23)29-24(15-28-12-10-27(3)11-13-28)26-20-7-5-4-6-19(20)25(29)32/h4-9,14,17,30H,10-13,15-16H2,1-3H3. The van der Waals surface area contributed by atoms with Crippen molar-refractivity contribution in [3.05, 3.63) is 64.2 Å². The number of nitrogens with zero attached hydrogens (tertiary/aromatic N) is 4. The van der Waals surface area contributed by atoms with Crippen LogP contribution in [0.2, 0.25) is 0 Å². The number of ketones is 1. The van der Waals surface area contributed by atoms with Crippen LogP contribution in [0.4, 0.5) is 0 Å². The lowest BCUT2D eigenvalue weighted by Gasteiger charge is -2.32. The largest absolute Gasteiger partial charge is 0.489 e. The fourth-order valence-corrected chi connectivity index (χ4v) is 4.05. The molecule has 4 rings (SSSR count). The van der Waals surface area contributed by atoms with Gasteiger partial charge in [0.15, 0.2) is 5.78 Å². The number of aromatic nitrogens is 2. The Morgan fingerprint density at radius 1 is 1.12 bits per heavy atom. The molecule has 174 valence electrons. The molecule has 0 radical (unpaired) electrons. The molecule has 1 N–H and O–H groups in total. The van der Waals surface area contributed by atoms with Crippen LogP contribution in [0, 0.1) is 0 Å². The smallest absolute Gasteiger partial charge is 0.266 e. The van der Waals surface area contributed by atoms with Crippen molar-refractivity contribution in [3.8, 4) is 11.4 Å². The second-order valence-corrected chi connectivity index (χ2v) is 8.70. The minimum Gasteiger partial charge on any atom is -0.489 e. The van der Waals surface area contributed by atoms with Gasteiger partial charge in [-0.2, -0.15) is 0 Å². The molecular weight excluding hydrogens is 420 g/mol. The van der Waals surface area contributed by atoms with Gasteiger partial charge in [-0.25, -0.2) is 4.98 Å². The quantitative estimate of drug-likeness (QED) is 0.552. The first-order valence-electron chi connectivity index (χ1n) is 11.2. The van der Waals surface area contributed by atoms with Gasteiger partial charge in [-0.15, -0.1) is 0 Å². The molecule has 1 saturated heterocycles. The SMILES string of the molecule is CC(C)Oc1ccc(C(=O)CO)cc1-n1c(CN2CCN(C)CC2)nc2ccccc2c1=O. The second kappa shape index (κ2) is 9.82. The Kier molecular flexibility index (Phi) is 6.88. The lowest BCUT2D eigenvalue weighted by atomic mass is 10.1. The molecule has 1 aliphatic rings. The van der Waals surface area contributed by atoms with E-state index >= 15 is 0 Å². The summed E-state index contributed by atoms with van der Waals surface area (Å²) in [4.78, 5) is 35.4. The van der Waals surface area contributed by atoms with Crippen LogP contribution in [0.15, 0.2) is 47.3 Å². The number of rotatable bonds is 7. The molecule has 0 aliphatic carbocycles. The number of para-hydroxylation sites is 1. The zero-order valence-electron chi connectivity index (χ0n) is 19.3. The number of Topliss-reactive ketones (excluding diaryl/α,β-unsaturated/α-hetero) is 1. The molecule has 1 fully saturated rings. The molecule has 2 aromatic carbocycles. The first kappa shape index (κ1) is 23.1. The maximum absolute atomic E-state index is 13.7. The topological polar surface area (TPSA) is 87.9 Å². The van der Waals surface area contributed by atoms with Crippen molar-refractivity contribution in [2.24, 2.45) is 0 Å². The van der Waals surface area contributed by atoms with Crippen molar-refractivity contribution in [2.45, 2.75) is 26.5 Å². The third-order valence-corrected chi connectivity index (χ3v) is 5.83. The summed E-state index contributed by atoms with van der Waals surface area (Å²) in [6, 6.07) is 12.2. The average molecular weight is 451 g/mol. The van der Waals surface area contributed by atoms with Crippen LogP contribution in [0.25, 0.3) is 16.6 Å². The summed E-state index contributed by atoms with van der Waals surface area (Å²) in [6.07, 6.45) is -0.131. The van der Waals surface area contributed by atoms with Gasteiger partial charge < -0.3 is 14.7 Å². The van der Waals surface area contributed by atoms with E-state index < -0.39 is 12.4 Å². The number of benzene rings is 2. The minimum atomic E-state index is -0.608. The van der Waals surface area contributed by atoms with Crippen LogP contribution in [-0.4, -0.2) is 76.2 Å². The number of aliphatic hydroxyl groups excluding tert-OH is 1. The van der Waals surface area contributed by atoms with E-state index in [0.717, 1.165) is 26.2 Å². The predicted octanol–water partition coefficient (Wildman–Crippen LogP) is 2.10.